The van der Waals surface area contributed by atoms with Crippen molar-refractivity contribution in [2.45, 2.75) is 31.9 Å². The van der Waals surface area contributed by atoms with Gasteiger partial charge in [-0.3, -0.25) is 4.90 Å². The van der Waals surface area contributed by atoms with E-state index in [1.54, 1.807) is 0 Å². The Balaban J connectivity index is 2.18. The summed E-state index contributed by atoms with van der Waals surface area (Å²) in [5.74, 6) is 0.711. The topological polar surface area (TPSA) is 49.8 Å². The van der Waals surface area contributed by atoms with E-state index in [1.807, 2.05) is 37.3 Å². The molecule has 1 fully saturated rings. The molecule has 92 valence electrons. The highest BCUT2D eigenvalue weighted by atomic mass is 16.5. The molecule has 1 aliphatic heterocycles. The van der Waals surface area contributed by atoms with Crippen LogP contribution < -0.4 is 4.74 Å². The number of hydrogen-bond donors (Lipinski definition) is 1. The number of hydrogen-bond acceptors (Lipinski definition) is 2. The summed E-state index contributed by atoms with van der Waals surface area (Å²) in [4.78, 5) is 12.6. The molecule has 1 unspecified atom stereocenters. The van der Waals surface area contributed by atoms with Crippen molar-refractivity contribution >= 4 is 6.09 Å². The zero-order valence-electron chi connectivity index (χ0n) is 9.93. The van der Waals surface area contributed by atoms with E-state index >= 15 is 0 Å². The Morgan fingerprint density at radius 3 is 2.71 bits per heavy atom. The second-order valence-electron chi connectivity index (χ2n) is 4.48. The van der Waals surface area contributed by atoms with Gasteiger partial charge in [-0.1, -0.05) is 18.2 Å². The molecule has 1 N–H and O–H groups in total. The van der Waals surface area contributed by atoms with E-state index in [0.717, 1.165) is 19.3 Å². The van der Waals surface area contributed by atoms with E-state index in [1.165, 1.54) is 4.90 Å². The first-order valence-corrected chi connectivity index (χ1v) is 5.86. The highest BCUT2D eigenvalue weighted by Gasteiger charge is 2.39. The lowest BCUT2D eigenvalue weighted by molar-refractivity contribution is -0.0785. The quantitative estimate of drug-likeness (QED) is 0.857. The number of nitrogens with zero attached hydrogens (tertiary/aromatic N) is 1. The van der Waals surface area contributed by atoms with Crippen LogP contribution >= 0.6 is 0 Å². The summed E-state index contributed by atoms with van der Waals surface area (Å²) in [7, 11) is 0. The molecule has 4 nitrogen and oxygen atoms in total. The summed E-state index contributed by atoms with van der Waals surface area (Å²) in [6.07, 6.45) is 1.71. The maximum absolute atomic E-state index is 11.2. The van der Waals surface area contributed by atoms with Gasteiger partial charge in [-0.25, -0.2) is 4.79 Å². The highest BCUT2D eigenvalue weighted by Crippen LogP contribution is 2.30. The number of benzene rings is 1. The predicted octanol–water partition coefficient (Wildman–Crippen LogP) is 2.95. The molecule has 2 rings (SSSR count). The summed E-state index contributed by atoms with van der Waals surface area (Å²) in [5, 5.41) is 9.20. The molecule has 0 aromatic heterocycles. The number of rotatable bonds is 2. The van der Waals surface area contributed by atoms with Crippen LogP contribution in [0.25, 0.3) is 0 Å². The summed E-state index contributed by atoms with van der Waals surface area (Å²) in [6, 6.07) is 9.37. The van der Waals surface area contributed by atoms with Gasteiger partial charge < -0.3 is 9.84 Å². The third-order valence-electron chi connectivity index (χ3n) is 3.16. The van der Waals surface area contributed by atoms with E-state index in [9.17, 15) is 9.90 Å². The van der Waals surface area contributed by atoms with Gasteiger partial charge in [0.1, 0.15) is 5.75 Å². The van der Waals surface area contributed by atoms with Crippen molar-refractivity contribution in [2.75, 3.05) is 6.54 Å². The SMILES string of the molecule is CC1(Oc2ccccc2)CCCCN1C(=O)O. The lowest BCUT2D eigenvalue weighted by atomic mass is 10.0. The minimum absolute atomic E-state index is 0.540. The average Bonchev–Trinajstić information content (AvgIpc) is 2.30. The molecular formula is C13H17NO3. The largest absolute Gasteiger partial charge is 0.468 e. The summed E-state index contributed by atoms with van der Waals surface area (Å²) < 4.78 is 5.86. The van der Waals surface area contributed by atoms with E-state index in [0.29, 0.717) is 12.3 Å². The first-order valence-electron chi connectivity index (χ1n) is 5.86. The van der Waals surface area contributed by atoms with Crippen LogP contribution in [0.3, 0.4) is 0 Å². The van der Waals surface area contributed by atoms with Crippen LogP contribution in [0.5, 0.6) is 5.75 Å². The Morgan fingerprint density at radius 2 is 2.06 bits per heavy atom. The van der Waals surface area contributed by atoms with Gasteiger partial charge in [0, 0.05) is 13.0 Å². The van der Waals surface area contributed by atoms with Crippen LogP contribution in [0.1, 0.15) is 26.2 Å². The van der Waals surface area contributed by atoms with E-state index in [-0.39, 0.29) is 0 Å². The molecule has 1 aromatic rings. The fourth-order valence-corrected chi connectivity index (χ4v) is 2.24. The van der Waals surface area contributed by atoms with Crippen molar-refractivity contribution in [3.63, 3.8) is 0 Å². The zero-order chi connectivity index (χ0) is 12.3. The minimum Gasteiger partial charge on any atom is -0.468 e. The average molecular weight is 235 g/mol. The molecule has 1 aromatic carbocycles. The van der Waals surface area contributed by atoms with Crippen LogP contribution in [0.2, 0.25) is 0 Å². The maximum atomic E-state index is 11.2. The number of piperidine rings is 1. The monoisotopic (exact) mass is 235 g/mol. The number of carboxylic acid groups (broad SMARTS) is 1. The van der Waals surface area contributed by atoms with Crippen molar-refractivity contribution in [3.05, 3.63) is 30.3 Å². The fourth-order valence-electron chi connectivity index (χ4n) is 2.24. The maximum Gasteiger partial charge on any atom is 0.410 e. The van der Waals surface area contributed by atoms with Crippen molar-refractivity contribution in [1.82, 2.24) is 4.90 Å². The summed E-state index contributed by atoms with van der Waals surface area (Å²) in [6.45, 7) is 2.38. The van der Waals surface area contributed by atoms with Crippen molar-refractivity contribution in [3.8, 4) is 5.75 Å². The van der Waals surface area contributed by atoms with Gasteiger partial charge in [0.15, 0.2) is 5.72 Å². The Morgan fingerprint density at radius 1 is 1.35 bits per heavy atom. The van der Waals surface area contributed by atoms with Gasteiger partial charge in [0.2, 0.25) is 0 Å². The van der Waals surface area contributed by atoms with E-state index in [2.05, 4.69) is 0 Å². The lowest BCUT2D eigenvalue weighted by Gasteiger charge is -2.42. The van der Waals surface area contributed by atoms with Gasteiger partial charge in [0.25, 0.3) is 0 Å². The smallest absolute Gasteiger partial charge is 0.410 e. The molecule has 0 spiro atoms. The molecule has 4 heteroatoms. The van der Waals surface area contributed by atoms with Crippen LogP contribution in [-0.2, 0) is 0 Å². The Hall–Kier alpha value is -1.71. The minimum atomic E-state index is -0.914. The second kappa shape index (κ2) is 4.65. The highest BCUT2D eigenvalue weighted by molar-refractivity contribution is 5.66. The van der Waals surface area contributed by atoms with Crippen LogP contribution in [-0.4, -0.2) is 28.4 Å². The standard InChI is InChI=1S/C13H17NO3/c1-13(17-11-7-3-2-4-8-11)9-5-6-10-14(13)12(15)16/h2-4,7-8H,5-6,9-10H2,1H3,(H,15,16). The van der Waals surface area contributed by atoms with Gasteiger partial charge in [-0.15, -0.1) is 0 Å². The molecule has 1 saturated heterocycles. The molecule has 1 aliphatic rings. The third-order valence-corrected chi connectivity index (χ3v) is 3.16. The van der Waals surface area contributed by atoms with Crippen LogP contribution in [0.4, 0.5) is 4.79 Å². The molecular weight excluding hydrogens is 218 g/mol. The first-order chi connectivity index (χ1) is 8.12. The first kappa shape index (κ1) is 11.8. The third kappa shape index (κ3) is 2.52. The van der Waals surface area contributed by atoms with E-state index < -0.39 is 11.8 Å². The van der Waals surface area contributed by atoms with Gasteiger partial charge >= 0.3 is 6.09 Å². The molecule has 0 radical (unpaired) electrons. The molecule has 0 aliphatic carbocycles. The van der Waals surface area contributed by atoms with Crippen molar-refractivity contribution < 1.29 is 14.6 Å². The van der Waals surface area contributed by atoms with Crippen molar-refractivity contribution in [1.29, 1.82) is 0 Å². The molecule has 0 bridgehead atoms. The van der Waals surface area contributed by atoms with E-state index in [4.69, 9.17) is 4.74 Å². The molecule has 1 atom stereocenters. The normalized spacial score (nSPS) is 24.4. The van der Waals surface area contributed by atoms with Crippen molar-refractivity contribution in [2.24, 2.45) is 0 Å². The number of carbonyl (C=O) groups is 1. The zero-order valence-corrected chi connectivity index (χ0v) is 9.93. The summed E-state index contributed by atoms with van der Waals surface area (Å²) >= 11 is 0. The molecule has 1 amide bonds. The molecule has 17 heavy (non-hydrogen) atoms. The Kier molecular flexibility index (Phi) is 3.22. The Labute approximate surface area is 101 Å². The van der Waals surface area contributed by atoms with Gasteiger partial charge in [-0.2, -0.15) is 0 Å². The molecule has 1 heterocycles. The van der Waals surface area contributed by atoms with Gasteiger partial charge in [0.05, 0.1) is 0 Å². The second-order valence-corrected chi connectivity index (χ2v) is 4.48. The number of ether oxygens (including phenoxy) is 1. The number of likely N-dealkylation sites (tertiary alicyclic amines) is 1. The fraction of sp³-hybridized carbons (Fsp3) is 0.462. The van der Waals surface area contributed by atoms with Gasteiger partial charge in [-0.05, 0) is 31.9 Å². The van der Waals surface area contributed by atoms with Crippen LogP contribution in [0, 0.1) is 0 Å². The summed E-state index contributed by atoms with van der Waals surface area (Å²) in [5.41, 5.74) is -0.745. The lowest BCUT2D eigenvalue weighted by Crippen LogP contribution is -2.55. The van der Waals surface area contributed by atoms with Crippen LogP contribution in [0.15, 0.2) is 30.3 Å². The number of para-hydroxylation sites is 1. The Bertz CT molecular complexity index is 393. The number of amides is 1. The predicted molar refractivity (Wildman–Crippen MR) is 64.1 cm³/mol. The molecule has 0 saturated carbocycles.